The lowest BCUT2D eigenvalue weighted by atomic mass is 10.4. The summed E-state index contributed by atoms with van der Waals surface area (Å²) in [7, 11) is 0. The molecule has 1 aromatic heterocycles. The second kappa shape index (κ2) is 3.76. The number of hydrogen-bond donors (Lipinski definition) is 2. The average Bonchev–Trinajstić information content (AvgIpc) is 2.77. The average molecular weight is 208 g/mol. The maximum Gasteiger partial charge on any atom is 0.352 e. The van der Waals surface area contributed by atoms with Crippen LogP contribution in [-0.2, 0) is 11.3 Å². The molecule has 1 amide bonds. The topological polar surface area (TPSA) is 73.4 Å². The fraction of sp³-hybridized carbons (Fsp3) is 0.400. The summed E-state index contributed by atoms with van der Waals surface area (Å²) in [5.74, 6) is -0.838. The molecule has 0 saturated carbocycles. The Morgan fingerprint density at radius 3 is 2.87 bits per heavy atom. The quantitative estimate of drug-likeness (QED) is 0.772. The zero-order valence-corrected chi connectivity index (χ0v) is 8.19. The smallest absolute Gasteiger partial charge is 0.352 e. The second-order valence-corrected chi connectivity index (χ2v) is 3.62. The van der Waals surface area contributed by atoms with Gasteiger partial charge in [-0.1, -0.05) is 0 Å². The number of carbonyl (C=O) groups excluding carboxylic acids is 1. The minimum absolute atomic E-state index is 0.140. The zero-order chi connectivity index (χ0) is 10.8. The predicted octanol–water partition coefficient (Wildman–Crippen LogP) is 0.835. The van der Waals surface area contributed by atoms with E-state index in [0.29, 0.717) is 13.0 Å². The molecule has 1 aliphatic heterocycles. The number of aromatic amines is 1. The van der Waals surface area contributed by atoms with Crippen LogP contribution in [0.2, 0.25) is 0 Å². The largest absolute Gasteiger partial charge is 0.477 e. The van der Waals surface area contributed by atoms with Gasteiger partial charge in [-0.3, -0.25) is 4.79 Å². The third kappa shape index (κ3) is 2.01. The summed E-state index contributed by atoms with van der Waals surface area (Å²) in [5, 5.41) is 8.70. The van der Waals surface area contributed by atoms with Crippen LogP contribution in [0.5, 0.6) is 0 Å². The van der Waals surface area contributed by atoms with Crippen LogP contribution in [0.15, 0.2) is 12.1 Å². The number of nitrogens with zero attached hydrogens (tertiary/aromatic N) is 1. The van der Waals surface area contributed by atoms with E-state index in [1.54, 1.807) is 11.0 Å². The van der Waals surface area contributed by atoms with Crippen LogP contribution >= 0.6 is 0 Å². The van der Waals surface area contributed by atoms with E-state index in [4.69, 9.17) is 5.11 Å². The number of aromatic nitrogens is 1. The molecule has 0 unspecified atom stereocenters. The van der Waals surface area contributed by atoms with Gasteiger partial charge in [0, 0.05) is 18.7 Å². The number of rotatable bonds is 3. The van der Waals surface area contributed by atoms with Crippen LogP contribution in [0.1, 0.15) is 29.0 Å². The van der Waals surface area contributed by atoms with Crippen molar-refractivity contribution in [1.82, 2.24) is 9.88 Å². The number of hydrogen-bond acceptors (Lipinski definition) is 2. The van der Waals surface area contributed by atoms with Gasteiger partial charge in [-0.2, -0.15) is 0 Å². The molecule has 2 heterocycles. The van der Waals surface area contributed by atoms with Crippen molar-refractivity contribution in [2.45, 2.75) is 19.4 Å². The molecule has 0 aromatic carbocycles. The van der Waals surface area contributed by atoms with Gasteiger partial charge in [-0.15, -0.1) is 0 Å². The van der Waals surface area contributed by atoms with Crippen LogP contribution in [0, 0.1) is 0 Å². The molecule has 5 nitrogen and oxygen atoms in total. The standard InChI is InChI=1S/C10H12N2O3/c13-9-2-1-5-12(9)6-7-3-4-8(11-7)10(14)15/h3-4,11H,1-2,5-6H2,(H,14,15). The highest BCUT2D eigenvalue weighted by atomic mass is 16.4. The van der Waals surface area contributed by atoms with Crippen molar-refractivity contribution in [2.24, 2.45) is 0 Å². The Morgan fingerprint density at radius 1 is 1.53 bits per heavy atom. The summed E-state index contributed by atoms with van der Waals surface area (Å²) in [6.45, 7) is 1.24. The number of aromatic carboxylic acids is 1. The Hall–Kier alpha value is -1.78. The molecule has 15 heavy (non-hydrogen) atoms. The molecule has 1 aliphatic rings. The van der Waals surface area contributed by atoms with Crippen LogP contribution in [0.4, 0.5) is 0 Å². The van der Waals surface area contributed by atoms with Crippen molar-refractivity contribution in [2.75, 3.05) is 6.54 Å². The fourth-order valence-corrected chi connectivity index (χ4v) is 1.73. The summed E-state index contributed by atoms with van der Waals surface area (Å²) in [4.78, 5) is 26.4. The first-order valence-corrected chi connectivity index (χ1v) is 4.86. The van der Waals surface area contributed by atoms with E-state index in [1.165, 1.54) is 6.07 Å². The molecule has 5 heteroatoms. The van der Waals surface area contributed by atoms with Crippen LogP contribution in [0.3, 0.4) is 0 Å². The molecule has 0 aliphatic carbocycles. The van der Waals surface area contributed by atoms with Gasteiger partial charge in [0.1, 0.15) is 5.69 Å². The summed E-state index contributed by atoms with van der Waals surface area (Å²) in [5.41, 5.74) is 0.930. The lowest BCUT2D eigenvalue weighted by Gasteiger charge is -2.13. The van der Waals surface area contributed by atoms with Crippen LogP contribution < -0.4 is 0 Å². The molecule has 2 rings (SSSR count). The van der Waals surface area contributed by atoms with Gasteiger partial charge in [0.2, 0.25) is 5.91 Å². The van der Waals surface area contributed by atoms with E-state index in [9.17, 15) is 9.59 Å². The molecule has 0 atom stereocenters. The van der Waals surface area contributed by atoms with Crippen molar-refractivity contribution in [3.63, 3.8) is 0 Å². The first-order valence-electron chi connectivity index (χ1n) is 4.86. The zero-order valence-electron chi connectivity index (χ0n) is 8.19. The van der Waals surface area contributed by atoms with Gasteiger partial charge in [0.25, 0.3) is 0 Å². The van der Waals surface area contributed by atoms with Gasteiger partial charge in [-0.25, -0.2) is 4.79 Å². The van der Waals surface area contributed by atoms with E-state index in [-0.39, 0.29) is 11.6 Å². The first kappa shape index (κ1) is 9.76. The van der Waals surface area contributed by atoms with Gasteiger partial charge in [0.05, 0.1) is 6.54 Å². The molecule has 1 aromatic rings. The molecule has 0 spiro atoms. The van der Waals surface area contributed by atoms with Crippen molar-refractivity contribution in [1.29, 1.82) is 0 Å². The van der Waals surface area contributed by atoms with E-state index < -0.39 is 5.97 Å². The predicted molar refractivity (Wildman–Crippen MR) is 52.4 cm³/mol. The van der Waals surface area contributed by atoms with Gasteiger partial charge < -0.3 is 15.0 Å². The number of carbonyl (C=O) groups is 2. The molecule has 0 bridgehead atoms. The molecule has 2 N–H and O–H groups in total. The van der Waals surface area contributed by atoms with Gasteiger partial charge in [-0.05, 0) is 18.6 Å². The van der Waals surface area contributed by atoms with E-state index >= 15 is 0 Å². The Morgan fingerprint density at radius 2 is 2.33 bits per heavy atom. The Balaban J connectivity index is 2.04. The minimum Gasteiger partial charge on any atom is -0.477 e. The van der Waals surface area contributed by atoms with Crippen LogP contribution in [0.25, 0.3) is 0 Å². The molecule has 0 radical (unpaired) electrons. The van der Waals surface area contributed by atoms with E-state index in [0.717, 1.165) is 18.7 Å². The van der Waals surface area contributed by atoms with E-state index in [1.807, 2.05) is 0 Å². The highest BCUT2D eigenvalue weighted by Crippen LogP contribution is 2.13. The number of H-pyrrole nitrogens is 1. The lowest BCUT2D eigenvalue weighted by molar-refractivity contribution is -0.128. The number of carboxylic acid groups (broad SMARTS) is 1. The van der Waals surface area contributed by atoms with Crippen molar-refractivity contribution in [3.05, 3.63) is 23.5 Å². The fourth-order valence-electron chi connectivity index (χ4n) is 1.73. The summed E-state index contributed by atoms with van der Waals surface area (Å²) >= 11 is 0. The third-order valence-electron chi connectivity index (χ3n) is 2.51. The molecular formula is C10H12N2O3. The van der Waals surface area contributed by atoms with Crippen molar-refractivity contribution >= 4 is 11.9 Å². The Kier molecular flexibility index (Phi) is 2.45. The first-order chi connectivity index (χ1) is 7.16. The maximum atomic E-state index is 11.3. The van der Waals surface area contributed by atoms with Crippen molar-refractivity contribution < 1.29 is 14.7 Å². The second-order valence-electron chi connectivity index (χ2n) is 3.62. The number of carboxylic acids is 1. The third-order valence-corrected chi connectivity index (χ3v) is 2.51. The lowest BCUT2D eigenvalue weighted by Crippen LogP contribution is -2.24. The van der Waals surface area contributed by atoms with E-state index in [2.05, 4.69) is 4.98 Å². The molecule has 1 saturated heterocycles. The normalized spacial score (nSPS) is 16.0. The SMILES string of the molecule is O=C(O)c1ccc(CN2CCCC2=O)[nH]1. The Bertz CT molecular complexity index is 397. The summed E-state index contributed by atoms with van der Waals surface area (Å²) in [6, 6.07) is 3.22. The van der Waals surface area contributed by atoms with Crippen molar-refractivity contribution in [3.8, 4) is 0 Å². The molecule has 1 fully saturated rings. The van der Waals surface area contributed by atoms with Gasteiger partial charge >= 0.3 is 5.97 Å². The summed E-state index contributed by atoms with van der Waals surface area (Å²) < 4.78 is 0. The maximum absolute atomic E-state index is 11.3. The Labute approximate surface area is 86.7 Å². The number of amides is 1. The molecule has 80 valence electrons. The summed E-state index contributed by atoms with van der Waals surface area (Å²) in [6.07, 6.45) is 1.50. The number of likely N-dealkylation sites (tertiary alicyclic amines) is 1. The monoisotopic (exact) mass is 208 g/mol. The van der Waals surface area contributed by atoms with Gasteiger partial charge in [0.15, 0.2) is 0 Å². The van der Waals surface area contributed by atoms with Crippen LogP contribution in [-0.4, -0.2) is 33.4 Å². The minimum atomic E-state index is -0.978. The number of nitrogens with one attached hydrogen (secondary N) is 1. The highest BCUT2D eigenvalue weighted by molar-refractivity contribution is 5.85. The molecular weight excluding hydrogens is 196 g/mol. The highest BCUT2D eigenvalue weighted by Gasteiger charge is 2.20.